The minimum absolute atomic E-state index is 0.191. The van der Waals surface area contributed by atoms with Gasteiger partial charge in [0.05, 0.1) is 6.54 Å². The van der Waals surface area contributed by atoms with E-state index in [4.69, 9.17) is 5.73 Å². The number of nitrogens with two attached hydrogens (primary N) is 1. The average Bonchev–Trinajstić information content (AvgIpc) is 2.29. The number of aliphatic imine (C=N–C) groups is 1. The first-order valence-corrected chi connectivity index (χ1v) is 6.44. The molecule has 0 saturated heterocycles. The molecule has 1 fully saturated rings. The van der Waals surface area contributed by atoms with Gasteiger partial charge in [0.2, 0.25) is 0 Å². The summed E-state index contributed by atoms with van der Waals surface area (Å²) in [6.07, 6.45) is 3.89. The lowest BCUT2D eigenvalue weighted by Crippen LogP contribution is -2.37. The van der Waals surface area contributed by atoms with Gasteiger partial charge < -0.3 is 11.1 Å². The molecule has 0 aromatic heterocycles. The molecule has 2 rings (SSSR count). The molecule has 0 atom stereocenters. The Labute approximate surface area is 107 Å². The summed E-state index contributed by atoms with van der Waals surface area (Å²) in [6, 6.07) is 5.15. The van der Waals surface area contributed by atoms with E-state index in [0.29, 0.717) is 18.1 Å². The van der Waals surface area contributed by atoms with Crippen LogP contribution in [0, 0.1) is 18.7 Å². The van der Waals surface area contributed by atoms with Crippen molar-refractivity contribution in [1.82, 2.24) is 5.32 Å². The molecule has 1 aromatic rings. The zero-order chi connectivity index (χ0) is 13.0. The highest BCUT2D eigenvalue weighted by Crippen LogP contribution is 2.24. The fourth-order valence-electron chi connectivity index (χ4n) is 1.91. The number of nitrogens with one attached hydrogen (secondary N) is 1. The van der Waals surface area contributed by atoms with Gasteiger partial charge in [-0.15, -0.1) is 0 Å². The minimum Gasteiger partial charge on any atom is -0.370 e. The van der Waals surface area contributed by atoms with E-state index in [-0.39, 0.29) is 5.82 Å². The molecule has 0 bridgehead atoms. The Morgan fingerprint density at radius 1 is 1.50 bits per heavy atom. The summed E-state index contributed by atoms with van der Waals surface area (Å²) in [5.41, 5.74) is 7.25. The molecule has 98 valence electrons. The lowest BCUT2D eigenvalue weighted by Gasteiger charge is -2.25. The van der Waals surface area contributed by atoms with Crippen LogP contribution in [0.5, 0.6) is 0 Å². The fraction of sp³-hybridized carbons (Fsp3) is 0.500. The lowest BCUT2D eigenvalue weighted by molar-refractivity contribution is 0.315. The van der Waals surface area contributed by atoms with Gasteiger partial charge >= 0.3 is 0 Å². The van der Waals surface area contributed by atoms with E-state index in [1.807, 2.05) is 6.07 Å². The van der Waals surface area contributed by atoms with Crippen LogP contribution in [-0.4, -0.2) is 12.5 Å². The maximum absolute atomic E-state index is 13.3. The van der Waals surface area contributed by atoms with Crippen LogP contribution in [0.3, 0.4) is 0 Å². The van der Waals surface area contributed by atoms with Crippen LogP contribution in [0.25, 0.3) is 0 Å². The number of hydrogen-bond donors (Lipinski definition) is 2. The average molecular weight is 249 g/mol. The summed E-state index contributed by atoms with van der Waals surface area (Å²) in [6.45, 7) is 3.06. The number of nitrogens with zero attached hydrogens (tertiary/aromatic N) is 1. The summed E-state index contributed by atoms with van der Waals surface area (Å²) < 4.78 is 13.3. The van der Waals surface area contributed by atoms with Crippen molar-refractivity contribution in [3.05, 3.63) is 35.1 Å². The zero-order valence-electron chi connectivity index (χ0n) is 10.7. The summed E-state index contributed by atoms with van der Waals surface area (Å²) >= 11 is 0. The number of rotatable bonds is 4. The van der Waals surface area contributed by atoms with E-state index in [2.05, 4.69) is 10.3 Å². The first-order chi connectivity index (χ1) is 8.65. The molecule has 4 heteroatoms. The molecule has 0 aliphatic heterocycles. The predicted molar refractivity (Wildman–Crippen MR) is 71.8 cm³/mol. The Kier molecular flexibility index (Phi) is 4.18. The van der Waals surface area contributed by atoms with E-state index >= 15 is 0 Å². The number of halogens is 1. The van der Waals surface area contributed by atoms with Gasteiger partial charge in [0.25, 0.3) is 0 Å². The molecule has 1 aromatic carbocycles. The quantitative estimate of drug-likeness (QED) is 0.635. The molecule has 18 heavy (non-hydrogen) atoms. The van der Waals surface area contributed by atoms with Gasteiger partial charge in [-0.25, -0.2) is 9.38 Å². The lowest BCUT2D eigenvalue weighted by atomic mass is 9.85. The van der Waals surface area contributed by atoms with E-state index in [9.17, 15) is 4.39 Å². The minimum atomic E-state index is -0.191. The van der Waals surface area contributed by atoms with Crippen molar-refractivity contribution < 1.29 is 4.39 Å². The number of benzene rings is 1. The Morgan fingerprint density at radius 2 is 2.28 bits per heavy atom. The molecular formula is C14H20FN3. The molecule has 0 unspecified atom stereocenters. The van der Waals surface area contributed by atoms with Gasteiger partial charge in [-0.05, 0) is 42.9 Å². The smallest absolute Gasteiger partial charge is 0.188 e. The van der Waals surface area contributed by atoms with Crippen molar-refractivity contribution in [3.63, 3.8) is 0 Å². The molecule has 0 heterocycles. The molecule has 0 amide bonds. The van der Waals surface area contributed by atoms with Crippen molar-refractivity contribution in [2.24, 2.45) is 16.6 Å². The van der Waals surface area contributed by atoms with Crippen molar-refractivity contribution in [2.45, 2.75) is 32.7 Å². The second-order valence-corrected chi connectivity index (χ2v) is 4.96. The topological polar surface area (TPSA) is 50.4 Å². The van der Waals surface area contributed by atoms with Crippen LogP contribution in [0.15, 0.2) is 23.2 Å². The first-order valence-electron chi connectivity index (χ1n) is 6.44. The van der Waals surface area contributed by atoms with Crippen LogP contribution in [0.1, 0.15) is 30.4 Å². The maximum atomic E-state index is 13.3. The third kappa shape index (κ3) is 3.45. The summed E-state index contributed by atoms with van der Waals surface area (Å²) in [7, 11) is 0. The highest BCUT2D eigenvalue weighted by atomic mass is 19.1. The maximum Gasteiger partial charge on any atom is 0.188 e. The SMILES string of the molecule is Cc1ccc(CN=C(N)NCC2CCC2)cc1F. The normalized spacial score (nSPS) is 16.4. The zero-order valence-corrected chi connectivity index (χ0v) is 10.7. The molecule has 3 nitrogen and oxygen atoms in total. The number of aryl methyl sites for hydroxylation is 1. The number of hydrogen-bond acceptors (Lipinski definition) is 1. The number of guanidine groups is 1. The van der Waals surface area contributed by atoms with Gasteiger partial charge in [-0.1, -0.05) is 18.6 Å². The van der Waals surface area contributed by atoms with Crippen molar-refractivity contribution in [2.75, 3.05) is 6.54 Å². The van der Waals surface area contributed by atoms with Crippen LogP contribution in [0.4, 0.5) is 4.39 Å². The van der Waals surface area contributed by atoms with E-state index in [0.717, 1.165) is 18.0 Å². The van der Waals surface area contributed by atoms with Crippen molar-refractivity contribution in [3.8, 4) is 0 Å². The van der Waals surface area contributed by atoms with E-state index in [1.165, 1.54) is 25.3 Å². The van der Waals surface area contributed by atoms with Gasteiger partial charge in [0, 0.05) is 6.54 Å². The molecule has 0 spiro atoms. The van der Waals surface area contributed by atoms with Crippen LogP contribution < -0.4 is 11.1 Å². The second kappa shape index (κ2) is 5.85. The van der Waals surface area contributed by atoms with Crippen molar-refractivity contribution >= 4 is 5.96 Å². The third-order valence-corrected chi connectivity index (χ3v) is 3.46. The van der Waals surface area contributed by atoms with E-state index in [1.54, 1.807) is 13.0 Å². The summed E-state index contributed by atoms with van der Waals surface area (Å²) in [4.78, 5) is 4.21. The fourth-order valence-corrected chi connectivity index (χ4v) is 1.91. The Morgan fingerprint density at radius 3 is 2.89 bits per heavy atom. The summed E-state index contributed by atoms with van der Waals surface area (Å²) in [5.74, 6) is 1.00. The Balaban J connectivity index is 1.82. The molecule has 1 aliphatic rings. The van der Waals surface area contributed by atoms with Crippen molar-refractivity contribution in [1.29, 1.82) is 0 Å². The van der Waals surface area contributed by atoms with Crippen LogP contribution >= 0.6 is 0 Å². The molecular weight excluding hydrogens is 229 g/mol. The molecule has 1 aliphatic carbocycles. The standard InChI is InChI=1S/C14H20FN3/c1-10-5-6-12(7-13(10)15)9-18-14(16)17-8-11-3-2-4-11/h5-7,11H,2-4,8-9H2,1H3,(H3,16,17,18). The van der Waals surface area contributed by atoms with Crippen LogP contribution in [-0.2, 0) is 6.54 Å². The van der Waals surface area contributed by atoms with Gasteiger partial charge in [0.15, 0.2) is 5.96 Å². The highest BCUT2D eigenvalue weighted by molar-refractivity contribution is 5.77. The summed E-state index contributed by atoms with van der Waals surface area (Å²) in [5, 5.41) is 3.11. The third-order valence-electron chi connectivity index (χ3n) is 3.46. The van der Waals surface area contributed by atoms with Crippen LogP contribution in [0.2, 0.25) is 0 Å². The monoisotopic (exact) mass is 249 g/mol. The van der Waals surface area contributed by atoms with Gasteiger partial charge in [-0.3, -0.25) is 0 Å². The second-order valence-electron chi connectivity index (χ2n) is 4.96. The molecule has 0 radical (unpaired) electrons. The largest absolute Gasteiger partial charge is 0.370 e. The Hall–Kier alpha value is -1.58. The molecule has 3 N–H and O–H groups in total. The predicted octanol–water partition coefficient (Wildman–Crippen LogP) is 2.34. The van der Waals surface area contributed by atoms with Gasteiger partial charge in [0.1, 0.15) is 5.82 Å². The molecule has 1 saturated carbocycles. The van der Waals surface area contributed by atoms with E-state index < -0.39 is 0 Å². The van der Waals surface area contributed by atoms with Gasteiger partial charge in [-0.2, -0.15) is 0 Å². The first kappa shape index (κ1) is 12.9. The Bertz CT molecular complexity index is 439. The highest BCUT2D eigenvalue weighted by Gasteiger charge is 2.16.